The van der Waals surface area contributed by atoms with E-state index >= 15 is 0 Å². The summed E-state index contributed by atoms with van der Waals surface area (Å²) in [5.41, 5.74) is 2.30. The second-order valence-electron chi connectivity index (χ2n) is 6.05. The molecule has 1 heteroatoms. The lowest BCUT2D eigenvalue weighted by Gasteiger charge is -2.11. The van der Waals surface area contributed by atoms with Crippen LogP contribution in [0.1, 0.15) is 88.4 Å². The zero-order valence-corrected chi connectivity index (χ0v) is 13.4. The van der Waals surface area contributed by atoms with E-state index in [1.165, 1.54) is 56.9 Å². The van der Waals surface area contributed by atoms with Gasteiger partial charge in [0, 0.05) is 0 Å². The van der Waals surface area contributed by atoms with Gasteiger partial charge in [0.05, 0.1) is 6.10 Å². The molecule has 1 rings (SSSR count). The minimum Gasteiger partial charge on any atom is -0.388 e. The van der Waals surface area contributed by atoms with Gasteiger partial charge in [-0.2, -0.15) is 0 Å². The van der Waals surface area contributed by atoms with Gasteiger partial charge in [0.15, 0.2) is 0 Å². The highest BCUT2D eigenvalue weighted by molar-refractivity contribution is 5.23. The predicted molar refractivity (Wildman–Crippen MR) is 88.0 cm³/mol. The lowest BCUT2D eigenvalue weighted by molar-refractivity contribution is 0.163. The van der Waals surface area contributed by atoms with Crippen LogP contribution in [0.25, 0.3) is 0 Å². The molecular formula is C19H32O. The van der Waals surface area contributed by atoms with E-state index < -0.39 is 0 Å². The molecule has 0 aliphatic rings. The van der Waals surface area contributed by atoms with E-state index in [1.54, 1.807) is 0 Å². The summed E-state index contributed by atoms with van der Waals surface area (Å²) in [6.45, 7) is 4.34. The van der Waals surface area contributed by atoms with E-state index in [-0.39, 0.29) is 6.10 Å². The molecule has 1 nitrogen and oxygen atoms in total. The summed E-state index contributed by atoms with van der Waals surface area (Å²) in [5.74, 6) is 0. The summed E-state index contributed by atoms with van der Waals surface area (Å²) in [6.07, 6.45) is 12.6. The van der Waals surface area contributed by atoms with Crippen molar-refractivity contribution < 1.29 is 5.11 Å². The molecule has 1 N–H and O–H groups in total. The molecule has 0 aliphatic heterocycles. The van der Waals surface area contributed by atoms with Crippen LogP contribution in [0.15, 0.2) is 24.3 Å². The fraction of sp³-hybridized carbons (Fsp3) is 0.684. The third-order valence-corrected chi connectivity index (χ3v) is 4.01. The van der Waals surface area contributed by atoms with E-state index in [9.17, 15) is 5.11 Å². The molecule has 0 fully saturated rings. The molecule has 0 bridgehead atoms. The second-order valence-corrected chi connectivity index (χ2v) is 6.05. The Labute approximate surface area is 125 Å². The molecule has 0 heterocycles. The standard InChI is InChI=1S/C19H32O/c1-3-4-5-6-7-8-9-10-11-15-19(20)18-14-12-13-17(2)16-18/h12-14,16,19-20H,3-11,15H2,1-2H3. The number of hydrogen-bond donors (Lipinski definition) is 1. The fourth-order valence-electron chi connectivity index (χ4n) is 2.69. The Morgan fingerprint density at radius 3 is 2.10 bits per heavy atom. The highest BCUT2D eigenvalue weighted by Gasteiger charge is 2.06. The highest BCUT2D eigenvalue weighted by Crippen LogP contribution is 2.21. The number of benzene rings is 1. The molecule has 0 aliphatic carbocycles. The first-order valence-electron chi connectivity index (χ1n) is 8.48. The number of hydrogen-bond acceptors (Lipinski definition) is 1. The monoisotopic (exact) mass is 276 g/mol. The molecule has 0 saturated carbocycles. The number of aliphatic hydroxyl groups is 1. The van der Waals surface area contributed by atoms with Gasteiger partial charge in [-0.05, 0) is 18.9 Å². The lowest BCUT2D eigenvalue weighted by Crippen LogP contribution is -1.97. The van der Waals surface area contributed by atoms with Crippen LogP contribution in [-0.4, -0.2) is 5.11 Å². The van der Waals surface area contributed by atoms with E-state index in [4.69, 9.17) is 0 Å². The molecule has 0 amide bonds. The maximum absolute atomic E-state index is 10.1. The number of rotatable bonds is 11. The fourth-order valence-corrected chi connectivity index (χ4v) is 2.69. The van der Waals surface area contributed by atoms with E-state index in [1.807, 2.05) is 12.1 Å². The summed E-state index contributed by atoms with van der Waals surface area (Å²) in [4.78, 5) is 0. The van der Waals surface area contributed by atoms with Gasteiger partial charge in [-0.15, -0.1) is 0 Å². The van der Waals surface area contributed by atoms with Crippen LogP contribution in [0.3, 0.4) is 0 Å². The first-order valence-corrected chi connectivity index (χ1v) is 8.48. The average molecular weight is 276 g/mol. The van der Waals surface area contributed by atoms with Crippen molar-refractivity contribution in [3.05, 3.63) is 35.4 Å². The second kappa shape index (κ2) is 10.9. The summed E-state index contributed by atoms with van der Waals surface area (Å²) in [6, 6.07) is 8.24. The Morgan fingerprint density at radius 2 is 1.50 bits per heavy atom. The van der Waals surface area contributed by atoms with Crippen molar-refractivity contribution in [2.24, 2.45) is 0 Å². The van der Waals surface area contributed by atoms with Crippen molar-refractivity contribution in [2.45, 2.75) is 84.2 Å². The van der Waals surface area contributed by atoms with E-state index in [0.29, 0.717) is 0 Å². The molecule has 0 saturated heterocycles. The highest BCUT2D eigenvalue weighted by atomic mass is 16.3. The molecule has 1 unspecified atom stereocenters. The Balaban J connectivity index is 2.01. The molecular weight excluding hydrogens is 244 g/mol. The Bertz CT molecular complexity index is 345. The molecule has 0 radical (unpaired) electrons. The van der Waals surface area contributed by atoms with Crippen LogP contribution < -0.4 is 0 Å². The topological polar surface area (TPSA) is 20.2 Å². The third-order valence-electron chi connectivity index (χ3n) is 4.01. The largest absolute Gasteiger partial charge is 0.388 e. The molecule has 20 heavy (non-hydrogen) atoms. The lowest BCUT2D eigenvalue weighted by atomic mass is 10.0. The van der Waals surface area contributed by atoms with Gasteiger partial charge in [0.1, 0.15) is 0 Å². The molecule has 0 aromatic heterocycles. The molecule has 1 aromatic carbocycles. The summed E-state index contributed by atoms with van der Waals surface area (Å²) in [5, 5.41) is 10.1. The van der Waals surface area contributed by atoms with Gasteiger partial charge < -0.3 is 5.11 Å². The maximum atomic E-state index is 10.1. The first-order chi connectivity index (χ1) is 9.74. The van der Waals surface area contributed by atoms with Crippen molar-refractivity contribution in [3.63, 3.8) is 0 Å². The molecule has 0 spiro atoms. The smallest absolute Gasteiger partial charge is 0.0790 e. The Hall–Kier alpha value is -0.820. The number of unbranched alkanes of at least 4 members (excludes halogenated alkanes) is 8. The molecule has 114 valence electrons. The van der Waals surface area contributed by atoms with E-state index in [0.717, 1.165) is 18.4 Å². The van der Waals surface area contributed by atoms with Crippen molar-refractivity contribution in [2.75, 3.05) is 0 Å². The minimum atomic E-state index is -0.278. The number of aryl methyl sites for hydroxylation is 1. The third kappa shape index (κ3) is 7.69. The van der Waals surface area contributed by atoms with Gasteiger partial charge in [0.25, 0.3) is 0 Å². The zero-order valence-electron chi connectivity index (χ0n) is 13.4. The normalized spacial score (nSPS) is 12.6. The predicted octanol–water partition coefficient (Wildman–Crippen LogP) is 5.95. The van der Waals surface area contributed by atoms with Gasteiger partial charge in [0.2, 0.25) is 0 Å². The van der Waals surface area contributed by atoms with Crippen molar-refractivity contribution in [3.8, 4) is 0 Å². The summed E-state index contributed by atoms with van der Waals surface area (Å²) in [7, 11) is 0. The molecule has 1 aromatic rings. The van der Waals surface area contributed by atoms with Crippen LogP contribution in [-0.2, 0) is 0 Å². The Morgan fingerprint density at radius 1 is 0.900 bits per heavy atom. The van der Waals surface area contributed by atoms with Crippen LogP contribution >= 0.6 is 0 Å². The van der Waals surface area contributed by atoms with Gasteiger partial charge in [-0.3, -0.25) is 0 Å². The van der Waals surface area contributed by atoms with Crippen LogP contribution in [0.5, 0.6) is 0 Å². The van der Waals surface area contributed by atoms with Gasteiger partial charge >= 0.3 is 0 Å². The quantitative estimate of drug-likeness (QED) is 0.495. The van der Waals surface area contributed by atoms with Gasteiger partial charge in [-0.1, -0.05) is 94.5 Å². The van der Waals surface area contributed by atoms with Crippen LogP contribution in [0.4, 0.5) is 0 Å². The Kier molecular flexibility index (Phi) is 9.40. The average Bonchev–Trinajstić information content (AvgIpc) is 2.45. The zero-order chi connectivity index (χ0) is 14.6. The first kappa shape index (κ1) is 17.2. The van der Waals surface area contributed by atoms with Crippen molar-refractivity contribution >= 4 is 0 Å². The maximum Gasteiger partial charge on any atom is 0.0790 e. The van der Waals surface area contributed by atoms with Crippen LogP contribution in [0.2, 0.25) is 0 Å². The van der Waals surface area contributed by atoms with Crippen molar-refractivity contribution in [1.82, 2.24) is 0 Å². The SMILES string of the molecule is CCCCCCCCCCCC(O)c1cccc(C)c1. The summed E-state index contributed by atoms with van der Waals surface area (Å²) >= 11 is 0. The van der Waals surface area contributed by atoms with E-state index in [2.05, 4.69) is 26.0 Å². The summed E-state index contributed by atoms with van der Waals surface area (Å²) < 4.78 is 0. The molecule has 1 atom stereocenters. The van der Waals surface area contributed by atoms with Gasteiger partial charge in [-0.25, -0.2) is 0 Å². The number of aliphatic hydroxyl groups excluding tert-OH is 1. The minimum absolute atomic E-state index is 0.278. The van der Waals surface area contributed by atoms with Crippen molar-refractivity contribution in [1.29, 1.82) is 0 Å². The van der Waals surface area contributed by atoms with Crippen LogP contribution in [0, 0.1) is 6.92 Å².